The van der Waals surface area contributed by atoms with Crippen LogP contribution in [0, 0.1) is 32.1 Å². The Kier molecular flexibility index (Phi) is 7.76. The van der Waals surface area contributed by atoms with Crippen molar-refractivity contribution in [1.82, 2.24) is 0 Å². The van der Waals surface area contributed by atoms with E-state index in [0.29, 0.717) is 34.4 Å². The lowest BCUT2D eigenvalue weighted by molar-refractivity contribution is -0.112. The average Bonchev–Trinajstić information content (AvgIpc) is 2.78. The highest BCUT2D eigenvalue weighted by atomic mass is 35.5. The molecule has 0 heterocycles. The second kappa shape index (κ2) is 10.7. The van der Waals surface area contributed by atoms with E-state index in [1.165, 1.54) is 6.08 Å². The second-order valence-corrected chi connectivity index (χ2v) is 8.18. The monoisotopic (exact) mass is 460 g/mol. The number of nitrogens with zero attached hydrogens (tertiary/aromatic N) is 1. The van der Waals surface area contributed by atoms with Crippen LogP contribution in [0.4, 0.5) is 5.69 Å². The van der Waals surface area contributed by atoms with Crippen LogP contribution in [0.15, 0.2) is 60.2 Å². The minimum Gasteiger partial charge on any atom is -0.497 e. The van der Waals surface area contributed by atoms with E-state index in [2.05, 4.69) is 23.5 Å². The second-order valence-electron chi connectivity index (χ2n) is 7.78. The molecule has 0 saturated carbocycles. The van der Waals surface area contributed by atoms with Crippen molar-refractivity contribution >= 4 is 29.3 Å². The Hall–Kier alpha value is -3.75. The van der Waals surface area contributed by atoms with Crippen molar-refractivity contribution < 1.29 is 14.3 Å². The fraction of sp³-hybridized carbons (Fsp3) is 0.185. The summed E-state index contributed by atoms with van der Waals surface area (Å²) >= 11 is 6.14. The lowest BCUT2D eigenvalue weighted by atomic mass is 10.1. The number of carbonyl (C=O) groups is 1. The van der Waals surface area contributed by atoms with Gasteiger partial charge in [0.25, 0.3) is 5.91 Å². The standard InChI is InChI=1S/C27H25ClN2O3/c1-17-9-18(2)11-20(10-17)16-33-26-14-24(32-4)8-6-21(26)12-22(15-29)27(31)30-23-7-5-19(3)25(28)13-23/h5-14H,16H2,1-4H3,(H,30,31)/b22-12+. The first-order valence-corrected chi connectivity index (χ1v) is 10.7. The Morgan fingerprint density at radius 3 is 2.42 bits per heavy atom. The number of nitrogens with one attached hydrogen (secondary N) is 1. The van der Waals surface area contributed by atoms with Gasteiger partial charge in [-0.2, -0.15) is 5.26 Å². The number of ether oxygens (including phenoxy) is 2. The summed E-state index contributed by atoms with van der Waals surface area (Å²) < 4.78 is 11.4. The average molecular weight is 461 g/mol. The number of anilines is 1. The van der Waals surface area contributed by atoms with Crippen molar-refractivity contribution in [2.45, 2.75) is 27.4 Å². The van der Waals surface area contributed by atoms with E-state index in [-0.39, 0.29) is 5.57 Å². The number of aryl methyl sites for hydroxylation is 3. The molecular weight excluding hydrogens is 436 g/mol. The first-order chi connectivity index (χ1) is 15.8. The highest BCUT2D eigenvalue weighted by Gasteiger charge is 2.13. The van der Waals surface area contributed by atoms with Gasteiger partial charge in [-0.15, -0.1) is 0 Å². The maximum absolute atomic E-state index is 12.7. The summed E-state index contributed by atoms with van der Waals surface area (Å²) in [6, 6.07) is 18.6. The summed E-state index contributed by atoms with van der Waals surface area (Å²) in [7, 11) is 1.57. The number of carbonyl (C=O) groups excluding carboxylic acids is 1. The summed E-state index contributed by atoms with van der Waals surface area (Å²) in [5.41, 5.74) is 5.27. The molecule has 0 bridgehead atoms. The van der Waals surface area contributed by atoms with Crippen LogP contribution >= 0.6 is 11.6 Å². The SMILES string of the molecule is COc1ccc(/C=C(\C#N)C(=O)Nc2ccc(C)c(Cl)c2)c(OCc2cc(C)cc(C)c2)c1. The molecule has 0 aliphatic carbocycles. The third kappa shape index (κ3) is 6.38. The fourth-order valence-corrected chi connectivity index (χ4v) is 3.55. The normalized spacial score (nSPS) is 11.0. The topological polar surface area (TPSA) is 71.3 Å². The van der Waals surface area contributed by atoms with E-state index >= 15 is 0 Å². The van der Waals surface area contributed by atoms with Gasteiger partial charge < -0.3 is 14.8 Å². The van der Waals surface area contributed by atoms with Gasteiger partial charge in [-0.25, -0.2) is 0 Å². The van der Waals surface area contributed by atoms with E-state index in [1.54, 1.807) is 43.5 Å². The number of hydrogen-bond donors (Lipinski definition) is 1. The Bertz CT molecular complexity index is 1240. The molecule has 0 aliphatic rings. The summed E-state index contributed by atoms with van der Waals surface area (Å²) in [5.74, 6) is 0.584. The number of methoxy groups -OCH3 is 1. The number of benzene rings is 3. The quantitative estimate of drug-likeness (QED) is 0.327. The Labute approximate surface area is 199 Å². The molecule has 0 spiro atoms. The molecule has 0 fully saturated rings. The van der Waals surface area contributed by atoms with Crippen molar-refractivity contribution in [3.63, 3.8) is 0 Å². The molecule has 0 atom stereocenters. The van der Waals surface area contributed by atoms with E-state index in [9.17, 15) is 10.1 Å². The predicted molar refractivity (Wildman–Crippen MR) is 132 cm³/mol. The summed E-state index contributed by atoms with van der Waals surface area (Å²) in [5, 5.41) is 12.9. The summed E-state index contributed by atoms with van der Waals surface area (Å²) in [4.78, 5) is 12.7. The van der Waals surface area contributed by atoms with Gasteiger partial charge in [-0.3, -0.25) is 4.79 Å². The predicted octanol–water partition coefficient (Wildman–Crippen LogP) is 6.40. The maximum Gasteiger partial charge on any atom is 0.266 e. The molecule has 0 aromatic heterocycles. The van der Waals surface area contributed by atoms with E-state index in [1.807, 2.05) is 26.8 Å². The zero-order valence-corrected chi connectivity index (χ0v) is 19.8. The highest BCUT2D eigenvalue weighted by molar-refractivity contribution is 6.31. The van der Waals surface area contributed by atoms with Crippen LogP contribution in [0.25, 0.3) is 6.08 Å². The van der Waals surface area contributed by atoms with Gasteiger partial charge in [0.15, 0.2) is 0 Å². The number of rotatable bonds is 7. The van der Waals surface area contributed by atoms with Crippen LogP contribution in [0.3, 0.4) is 0 Å². The van der Waals surface area contributed by atoms with Crippen LogP contribution < -0.4 is 14.8 Å². The molecule has 3 rings (SSSR count). The van der Waals surface area contributed by atoms with E-state index < -0.39 is 5.91 Å². The van der Waals surface area contributed by atoms with Gasteiger partial charge in [0.1, 0.15) is 29.7 Å². The highest BCUT2D eigenvalue weighted by Crippen LogP contribution is 2.28. The van der Waals surface area contributed by atoms with Gasteiger partial charge in [0.05, 0.1) is 7.11 Å². The van der Waals surface area contributed by atoms with Gasteiger partial charge in [0.2, 0.25) is 0 Å². The van der Waals surface area contributed by atoms with Crippen molar-refractivity contribution in [2.24, 2.45) is 0 Å². The largest absolute Gasteiger partial charge is 0.497 e. The van der Waals surface area contributed by atoms with Crippen molar-refractivity contribution in [3.05, 3.63) is 93.0 Å². The minimum absolute atomic E-state index is 0.0619. The first-order valence-electron chi connectivity index (χ1n) is 10.4. The van der Waals surface area contributed by atoms with Crippen molar-refractivity contribution in [1.29, 1.82) is 5.26 Å². The fourth-order valence-electron chi connectivity index (χ4n) is 3.37. The lowest BCUT2D eigenvalue weighted by Gasteiger charge is -2.13. The molecule has 5 nitrogen and oxygen atoms in total. The van der Waals surface area contributed by atoms with Crippen LogP contribution in [0.1, 0.15) is 27.8 Å². The molecule has 0 radical (unpaired) electrons. The van der Waals surface area contributed by atoms with E-state index in [4.69, 9.17) is 21.1 Å². The van der Waals surface area contributed by atoms with Crippen LogP contribution in [0.5, 0.6) is 11.5 Å². The zero-order chi connectivity index (χ0) is 24.0. The molecule has 3 aromatic carbocycles. The maximum atomic E-state index is 12.7. The Morgan fingerprint density at radius 2 is 1.79 bits per heavy atom. The number of hydrogen-bond acceptors (Lipinski definition) is 4. The molecule has 3 aromatic rings. The van der Waals surface area contributed by atoms with Crippen molar-refractivity contribution in [2.75, 3.05) is 12.4 Å². The van der Waals surface area contributed by atoms with Gasteiger partial charge >= 0.3 is 0 Å². The van der Waals surface area contributed by atoms with Crippen LogP contribution in [0.2, 0.25) is 5.02 Å². The lowest BCUT2D eigenvalue weighted by Crippen LogP contribution is -2.13. The summed E-state index contributed by atoms with van der Waals surface area (Å²) in [6.45, 7) is 6.29. The Balaban J connectivity index is 1.87. The molecule has 0 unspecified atom stereocenters. The molecule has 0 saturated heterocycles. The zero-order valence-electron chi connectivity index (χ0n) is 19.0. The molecular formula is C27H25ClN2O3. The third-order valence-electron chi connectivity index (χ3n) is 4.99. The third-order valence-corrected chi connectivity index (χ3v) is 5.40. The van der Waals surface area contributed by atoms with Crippen LogP contribution in [-0.2, 0) is 11.4 Å². The van der Waals surface area contributed by atoms with Gasteiger partial charge in [-0.05, 0) is 62.2 Å². The molecule has 168 valence electrons. The minimum atomic E-state index is -0.534. The number of amides is 1. The molecule has 33 heavy (non-hydrogen) atoms. The molecule has 1 N–H and O–H groups in total. The van der Waals surface area contributed by atoms with Gasteiger partial charge in [0, 0.05) is 22.3 Å². The summed E-state index contributed by atoms with van der Waals surface area (Å²) in [6.07, 6.45) is 1.50. The Morgan fingerprint density at radius 1 is 1.06 bits per heavy atom. The smallest absolute Gasteiger partial charge is 0.266 e. The van der Waals surface area contributed by atoms with Crippen LogP contribution in [-0.4, -0.2) is 13.0 Å². The first kappa shape index (κ1) is 23.9. The van der Waals surface area contributed by atoms with Gasteiger partial charge in [-0.1, -0.05) is 47.0 Å². The van der Waals surface area contributed by atoms with Crippen molar-refractivity contribution in [3.8, 4) is 17.6 Å². The number of halogens is 1. The molecule has 0 aliphatic heterocycles. The number of nitriles is 1. The molecule has 1 amide bonds. The molecule has 6 heteroatoms. The van der Waals surface area contributed by atoms with E-state index in [0.717, 1.165) is 22.3 Å².